The van der Waals surface area contributed by atoms with E-state index in [1.807, 2.05) is 0 Å². The van der Waals surface area contributed by atoms with Crippen LogP contribution >= 0.6 is 0 Å². The first kappa shape index (κ1) is 14.0. The number of rotatable bonds is 8. The average molecular weight is 226 g/mol. The molecule has 1 aliphatic rings. The van der Waals surface area contributed by atoms with Crippen LogP contribution in [0.4, 0.5) is 0 Å². The molecule has 0 radical (unpaired) electrons. The van der Waals surface area contributed by atoms with Gasteiger partial charge in [0.2, 0.25) is 0 Å². The predicted octanol–water partition coefficient (Wildman–Crippen LogP) is 2.74. The Labute approximate surface area is 102 Å². The van der Waals surface area contributed by atoms with Crippen molar-refractivity contribution in [2.75, 3.05) is 20.1 Å². The molecule has 1 rings (SSSR count). The van der Waals surface area contributed by atoms with E-state index in [1.54, 1.807) is 0 Å². The van der Waals surface area contributed by atoms with E-state index in [0.29, 0.717) is 6.04 Å². The minimum atomic E-state index is 0.708. The third-order valence-electron chi connectivity index (χ3n) is 3.71. The van der Waals surface area contributed by atoms with Crippen LogP contribution in [-0.2, 0) is 0 Å². The van der Waals surface area contributed by atoms with Gasteiger partial charge in [0.1, 0.15) is 0 Å². The zero-order chi connectivity index (χ0) is 12.1. The zero-order valence-corrected chi connectivity index (χ0v) is 11.8. The van der Waals surface area contributed by atoms with E-state index in [0.717, 1.165) is 24.4 Å². The van der Waals surface area contributed by atoms with Gasteiger partial charge >= 0.3 is 0 Å². The molecule has 1 saturated carbocycles. The van der Waals surface area contributed by atoms with Gasteiger partial charge in [-0.25, -0.2) is 0 Å². The van der Waals surface area contributed by atoms with E-state index in [2.05, 4.69) is 45.0 Å². The van der Waals surface area contributed by atoms with Gasteiger partial charge in [0.15, 0.2) is 0 Å². The van der Waals surface area contributed by atoms with Crippen LogP contribution < -0.4 is 5.32 Å². The van der Waals surface area contributed by atoms with Gasteiger partial charge in [0.05, 0.1) is 0 Å². The van der Waals surface area contributed by atoms with Crippen LogP contribution in [0.3, 0.4) is 0 Å². The number of likely N-dealkylation sites (N-methyl/N-ethyl adjacent to an activating group) is 2. The molecular weight excluding hydrogens is 196 g/mol. The van der Waals surface area contributed by atoms with Gasteiger partial charge in [-0.3, -0.25) is 0 Å². The highest BCUT2D eigenvalue weighted by molar-refractivity contribution is 4.88. The topological polar surface area (TPSA) is 15.3 Å². The molecule has 0 bridgehead atoms. The highest BCUT2D eigenvalue weighted by atomic mass is 15.2. The highest BCUT2D eigenvalue weighted by Gasteiger charge is 2.31. The number of hydrogen-bond donors (Lipinski definition) is 1. The van der Waals surface area contributed by atoms with E-state index < -0.39 is 0 Å². The smallest absolute Gasteiger partial charge is 0.0223 e. The fraction of sp³-hybridized carbons (Fsp3) is 1.00. The van der Waals surface area contributed by atoms with Gasteiger partial charge in [0, 0.05) is 18.6 Å². The number of nitrogens with zero attached hydrogens (tertiary/aromatic N) is 1. The Morgan fingerprint density at radius 3 is 2.31 bits per heavy atom. The Hall–Kier alpha value is -0.0800. The summed E-state index contributed by atoms with van der Waals surface area (Å²) in [6.07, 6.45) is 4.17. The quantitative estimate of drug-likeness (QED) is 0.684. The van der Waals surface area contributed by atoms with E-state index in [9.17, 15) is 0 Å². The molecule has 1 N–H and O–H groups in total. The van der Waals surface area contributed by atoms with E-state index in [1.165, 1.54) is 25.8 Å². The maximum absolute atomic E-state index is 3.64. The third kappa shape index (κ3) is 4.84. The normalized spacial score (nSPS) is 20.4. The third-order valence-corrected chi connectivity index (χ3v) is 3.71. The van der Waals surface area contributed by atoms with Crippen LogP contribution in [0.25, 0.3) is 0 Å². The van der Waals surface area contributed by atoms with Crippen molar-refractivity contribution in [3.63, 3.8) is 0 Å². The molecule has 2 heteroatoms. The maximum Gasteiger partial charge on any atom is 0.0223 e. The van der Waals surface area contributed by atoms with Crippen molar-refractivity contribution in [2.45, 2.75) is 59.0 Å². The molecule has 0 aromatic heterocycles. The van der Waals surface area contributed by atoms with Crippen LogP contribution in [0, 0.1) is 11.8 Å². The molecule has 2 nitrogen and oxygen atoms in total. The van der Waals surface area contributed by atoms with Crippen LogP contribution in [-0.4, -0.2) is 37.1 Å². The molecule has 96 valence electrons. The average Bonchev–Trinajstić information content (AvgIpc) is 2.99. The summed E-state index contributed by atoms with van der Waals surface area (Å²) in [6, 6.07) is 1.43. The van der Waals surface area contributed by atoms with Crippen LogP contribution in [0.2, 0.25) is 0 Å². The van der Waals surface area contributed by atoms with E-state index in [4.69, 9.17) is 0 Å². The van der Waals surface area contributed by atoms with Crippen molar-refractivity contribution in [1.29, 1.82) is 0 Å². The lowest BCUT2D eigenvalue weighted by atomic mass is 10.0. The van der Waals surface area contributed by atoms with Crippen LogP contribution in [0.1, 0.15) is 47.0 Å². The molecule has 1 aliphatic carbocycles. The molecule has 16 heavy (non-hydrogen) atoms. The lowest BCUT2D eigenvalue weighted by molar-refractivity contribution is 0.198. The first-order chi connectivity index (χ1) is 7.54. The second-order valence-corrected chi connectivity index (χ2v) is 5.92. The zero-order valence-electron chi connectivity index (χ0n) is 11.8. The second kappa shape index (κ2) is 6.61. The van der Waals surface area contributed by atoms with Crippen molar-refractivity contribution in [3.8, 4) is 0 Å². The largest absolute Gasteiger partial charge is 0.313 e. The molecule has 0 aromatic carbocycles. The van der Waals surface area contributed by atoms with Gasteiger partial charge < -0.3 is 10.2 Å². The van der Waals surface area contributed by atoms with Crippen LogP contribution in [0.15, 0.2) is 0 Å². The summed E-state index contributed by atoms with van der Waals surface area (Å²) in [4.78, 5) is 2.53. The van der Waals surface area contributed by atoms with Gasteiger partial charge in [-0.2, -0.15) is 0 Å². The fourth-order valence-corrected chi connectivity index (χ4v) is 2.49. The summed E-state index contributed by atoms with van der Waals surface area (Å²) >= 11 is 0. The minimum Gasteiger partial charge on any atom is -0.313 e. The molecule has 0 aromatic rings. The second-order valence-electron chi connectivity index (χ2n) is 5.92. The Balaban J connectivity index is 2.31. The van der Waals surface area contributed by atoms with Gasteiger partial charge in [0.25, 0.3) is 0 Å². The minimum absolute atomic E-state index is 0.708. The van der Waals surface area contributed by atoms with Crippen LogP contribution in [0.5, 0.6) is 0 Å². The fourth-order valence-electron chi connectivity index (χ4n) is 2.49. The molecule has 0 heterocycles. The van der Waals surface area contributed by atoms with Crippen molar-refractivity contribution in [2.24, 2.45) is 11.8 Å². The molecule has 0 saturated heterocycles. The number of nitrogens with one attached hydrogen (secondary N) is 1. The summed E-state index contributed by atoms with van der Waals surface area (Å²) < 4.78 is 0. The first-order valence-corrected chi connectivity index (χ1v) is 6.98. The predicted molar refractivity (Wildman–Crippen MR) is 71.7 cm³/mol. The van der Waals surface area contributed by atoms with E-state index >= 15 is 0 Å². The summed E-state index contributed by atoms with van der Waals surface area (Å²) in [7, 11) is 2.28. The molecule has 0 spiro atoms. The summed E-state index contributed by atoms with van der Waals surface area (Å²) in [5.74, 6) is 1.75. The Bertz CT molecular complexity index is 187. The Morgan fingerprint density at radius 1 is 1.25 bits per heavy atom. The molecule has 1 fully saturated rings. The molecule has 0 aliphatic heterocycles. The van der Waals surface area contributed by atoms with Crippen molar-refractivity contribution < 1.29 is 0 Å². The van der Waals surface area contributed by atoms with Crippen molar-refractivity contribution >= 4 is 0 Å². The lowest BCUT2D eigenvalue weighted by Crippen LogP contribution is -2.44. The lowest BCUT2D eigenvalue weighted by Gasteiger charge is -2.30. The summed E-state index contributed by atoms with van der Waals surface area (Å²) in [6.45, 7) is 11.5. The molecule has 2 unspecified atom stereocenters. The SMILES string of the molecule is CCNC(CN(C)C(C)CC(C)C)C1CC1. The summed E-state index contributed by atoms with van der Waals surface area (Å²) in [5, 5.41) is 3.64. The van der Waals surface area contributed by atoms with Gasteiger partial charge in [-0.05, 0) is 51.6 Å². The highest BCUT2D eigenvalue weighted by Crippen LogP contribution is 2.33. The van der Waals surface area contributed by atoms with Gasteiger partial charge in [-0.15, -0.1) is 0 Å². The van der Waals surface area contributed by atoms with Crippen molar-refractivity contribution in [3.05, 3.63) is 0 Å². The monoisotopic (exact) mass is 226 g/mol. The van der Waals surface area contributed by atoms with Crippen molar-refractivity contribution in [1.82, 2.24) is 10.2 Å². The van der Waals surface area contributed by atoms with Gasteiger partial charge in [-0.1, -0.05) is 20.8 Å². The molecular formula is C14H30N2. The first-order valence-electron chi connectivity index (χ1n) is 6.98. The standard InChI is InChI=1S/C14H30N2/c1-6-15-14(13-7-8-13)10-16(5)12(4)9-11(2)3/h11-15H,6-10H2,1-5H3. The van der Waals surface area contributed by atoms with E-state index in [-0.39, 0.29) is 0 Å². The summed E-state index contributed by atoms with van der Waals surface area (Å²) in [5.41, 5.74) is 0. The number of hydrogen-bond acceptors (Lipinski definition) is 2. The molecule has 2 atom stereocenters. The Kier molecular flexibility index (Phi) is 5.77. The molecule has 0 amide bonds. The Morgan fingerprint density at radius 2 is 1.88 bits per heavy atom. The maximum atomic E-state index is 3.64.